The minimum Gasteiger partial charge on any atom is -0.465 e. The van der Waals surface area contributed by atoms with Gasteiger partial charge in [0, 0.05) is 23.0 Å². The highest BCUT2D eigenvalue weighted by Gasteiger charge is 2.17. The second-order valence-electron chi connectivity index (χ2n) is 5.56. The van der Waals surface area contributed by atoms with Crippen molar-refractivity contribution in [3.05, 3.63) is 53.9 Å². The van der Waals surface area contributed by atoms with E-state index >= 15 is 0 Å². The number of nitrogens with two attached hydrogens (primary N) is 1. The van der Waals surface area contributed by atoms with Crippen molar-refractivity contribution in [3.8, 4) is 0 Å². The minimum absolute atomic E-state index is 0.00637. The monoisotopic (exact) mass is 372 g/mol. The Morgan fingerprint density at radius 1 is 1.15 bits per heavy atom. The summed E-state index contributed by atoms with van der Waals surface area (Å²) in [5, 5.41) is 8.85. The average molecular weight is 372 g/mol. The number of rotatable bonds is 4. The number of aryl methyl sites for hydroxylation is 1. The SMILES string of the molecule is COC(=O)c1cnc2nc(C)ccc2c1Nc1ccc(S(N)(=O)=O)cc1. The van der Waals surface area contributed by atoms with Gasteiger partial charge in [0.25, 0.3) is 0 Å². The lowest BCUT2D eigenvalue weighted by Gasteiger charge is -2.14. The van der Waals surface area contributed by atoms with Crippen molar-refractivity contribution in [1.82, 2.24) is 9.97 Å². The maximum atomic E-state index is 12.1. The van der Waals surface area contributed by atoms with Gasteiger partial charge in [-0.3, -0.25) is 0 Å². The first-order chi connectivity index (χ1) is 12.3. The summed E-state index contributed by atoms with van der Waals surface area (Å²) in [5.74, 6) is -0.552. The van der Waals surface area contributed by atoms with E-state index in [-0.39, 0.29) is 10.5 Å². The van der Waals surface area contributed by atoms with Crippen LogP contribution >= 0.6 is 0 Å². The number of carbonyl (C=O) groups excluding carboxylic acids is 1. The quantitative estimate of drug-likeness (QED) is 0.672. The normalized spacial score (nSPS) is 11.3. The van der Waals surface area contributed by atoms with Crippen LogP contribution in [0.15, 0.2) is 47.5 Å². The van der Waals surface area contributed by atoms with Crippen molar-refractivity contribution in [3.63, 3.8) is 0 Å². The van der Waals surface area contributed by atoms with Gasteiger partial charge >= 0.3 is 5.97 Å². The summed E-state index contributed by atoms with van der Waals surface area (Å²) in [5.41, 5.74) is 2.54. The Labute approximate surface area is 150 Å². The smallest absolute Gasteiger partial charge is 0.341 e. The van der Waals surface area contributed by atoms with Crippen molar-refractivity contribution < 1.29 is 17.9 Å². The van der Waals surface area contributed by atoms with Gasteiger partial charge in [-0.1, -0.05) is 0 Å². The summed E-state index contributed by atoms with van der Waals surface area (Å²) in [6.07, 6.45) is 1.39. The van der Waals surface area contributed by atoms with Crippen LogP contribution in [-0.4, -0.2) is 31.5 Å². The Morgan fingerprint density at radius 2 is 1.85 bits per heavy atom. The topological polar surface area (TPSA) is 124 Å². The second kappa shape index (κ2) is 6.70. The Kier molecular flexibility index (Phi) is 4.58. The molecule has 3 aromatic rings. The maximum Gasteiger partial charge on any atom is 0.341 e. The van der Waals surface area contributed by atoms with E-state index in [4.69, 9.17) is 9.88 Å². The fraction of sp³-hybridized carbons (Fsp3) is 0.118. The number of carbonyl (C=O) groups is 1. The average Bonchev–Trinajstić information content (AvgIpc) is 2.60. The third-order valence-corrected chi connectivity index (χ3v) is 4.66. The predicted molar refractivity (Wildman–Crippen MR) is 96.7 cm³/mol. The number of ether oxygens (including phenoxy) is 1. The summed E-state index contributed by atoms with van der Waals surface area (Å²) in [7, 11) is -2.50. The van der Waals surface area contributed by atoms with Crippen LogP contribution in [0.3, 0.4) is 0 Å². The number of hydrogen-bond acceptors (Lipinski definition) is 7. The van der Waals surface area contributed by atoms with E-state index in [0.717, 1.165) is 5.69 Å². The van der Waals surface area contributed by atoms with E-state index < -0.39 is 16.0 Å². The van der Waals surface area contributed by atoms with E-state index in [1.54, 1.807) is 24.3 Å². The molecule has 8 nitrogen and oxygen atoms in total. The summed E-state index contributed by atoms with van der Waals surface area (Å²) >= 11 is 0. The van der Waals surface area contributed by atoms with Gasteiger partial charge in [-0.2, -0.15) is 0 Å². The van der Waals surface area contributed by atoms with E-state index in [1.807, 2.05) is 6.92 Å². The Morgan fingerprint density at radius 3 is 2.46 bits per heavy atom. The van der Waals surface area contributed by atoms with E-state index in [1.165, 1.54) is 25.4 Å². The Bertz CT molecular complexity index is 1100. The fourth-order valence-electron chi connectivity index (χ4n) is 2.44. The van der Waals surface area contributed by atoms with E-state index in [2.05, 4.69) is 15.3 Å². The molecule has 134 valence electrons. The largest absolute Gasteiger partial charge is 0.465 e. The molecule has 2 heterocycles. The maximum absolute atomic E-state index is 12.1. The van der Waals surface area contributed by atoms with Crippen LogP contribution in [0.25, 0.3) is 11.0 Å². The third kappa shape index (κ3) is 3.48. The number of methoxy groups -OCH3 is 1. The molecule has 0 saturated heterocycles. The lowest BCUT2D eigenvalue weighted by molar-refractivity contribution is 0.0601. The van der Waals surface area contributed by atoms with Crippen molar-refractivity contribution in [2.75, 3.05) is 12.4 Å². The highest BCUT2D eigenvalue weighted by atomic mass is 32.2. The fourth-order valence-corrected chi connectivity index (χ4v) is 2.96. The summed E-state index contributed by atoms with van der Waals surface area (Å²) in [6.45, 7) is 1.84. The number of aromatic nitrogens is 2. The number of anilines is 2. The van der Waals surface area contributed by atoms with E-state index in [9.17, 15) is 13.2 Å². The van der Waals surface area contributed by atoms with Gasteiger partial charge in [0.2, 0.25) is 10.0 Å². The summed E-state index contributed by atoms with van der Waals surface area (Å²) < 4.78 is 27.6. The molecular weight excluding hydrogens is 356 g/mol. The first kappa shape index (κ1) is 17.8. The van der Waals surface area contributed by atoms with Crippen LogP contribution in [0.4, 0.5) is 11.4 Å². The molecule has 3 rings (SSSR count). The molecule has 0 aliphatic rings. The van der Waals surface area contributed by atoms with Crippen molar-refractivity contribution in [2.24, 2.45) is 5.14 Å². The van der Waals surface area contributed by atoms with Crippen LogP contribution < -0.4 is 10.5 Å². The van der Waals surface area contributed by atoms with Gasteiger partial charge in [-0.05, 0) is 43.3 Å². The molecule has 9 heteroatoms. The first-order valence-corrected chi connectivity index (χ1v) is 9.09. The molecule has 0 radical (unpaired) electrons. The number of nitrogens with zero attached hydrogens (tertiary/aromatic N) is 2. The van der Waals surface area contributed by atoms with Gasteiger partial charge in [0.05, 0.1) is 17.7 Å². The molecule has 0 amide bonds. The van der Waals surface area contributed by atoms with Crippen LogP contribution in [0.1, 0.15) is 16.1 Å². The number of sulfonamides is 1. The highest BCUT2D eigenvalue weighted by molar-refractivity contribution is 7.89. The molecule has 0 saturated carbocycles. The van der Waals surface area contributed by atoms with Crippen LogP contribution in [0.2, 0.25) is 0 Å². The molecule has 26 heavy (non-hydrogen) atoms. The van der Waals surface area contributed by atoms with Gasteiger partial charge in [0.15, 0.2) is 5.65 Å². The molecule has 0 atom stereocenters. The molecule has 0 bridgehead atoms. The van der Waals surface area contributed by atoms with Crippen molar-refractivity contribution >= 4 is 38.4 Å². The molecule has 1 aromatic carbocycles. The third-order valence-electron chi connectivity index (χ3n) is 3.73. The molecule has 2 aromatic heterocycles. The predicted octanol–water partition coefficient (Wildman–Crippen LogP) is 2.12. The molecule has 0 unspecified atom stereocenters. The molecule has 0 aliphatic carbocycles. The Hall–Kier alpha value is -3.04. The van der Waals surface area contributed by atoms with Crippen LogP contribution in [-0.2, 0) is 14.8 Å². The molecule has 3 N–H and O–H groups in total. The number of hydrogen-bond donors (Lipinski definition) is 2. The zero-order valence-corrected chi connectivity index (χ0v) is 14.9. The lowest BCUT2D eigenvalue weighted by atomic mass is 10.1. The van der Waals surface area contributed by atoms with Gasteiger partial charge in [-0.15, -0.1) is 0 Å². The van der Waals surface area contributed by atoms with Crippen LogP contribution in [0, 0.1) is 6.92 Å². The lowest BCUT2D eigenvalue weighted by Crippen LogP contribution is -2.12. The van der Waals surface area contributed by atoms with Gasteiger partial charge < -0.3 is 10.1 Å². The number of nitrogens with one attached hydrogen (secondary N) is 1. The summed E-state index contributed by atoms with van der Waals surface area (Å²) in [6, 6.07) is 9.46. The number of primary sulfonamides is 1. The molecule has 0 fully saturated rings. The molecular formula is C17H16N4O4S. The van der Waals surface area contributed by atoms with Gasteiger partial charge in [0.1, 0.15) is 5.56 Å². The standard InChI is InChI=1S/C17H16N4O4S/c1-10-3-8-13-15(14(17(22)25-2)9-19-16(13)20-10)21-11-4-6-12(7-5-11)26(18,23)24/h3-9H,1-2H3,(H2,18,23,24)(H,19,20,21). The van der Waals surface area contributed by atoms with E-state index in [0.29, 0.717) is 22.4 Å². The zero-order valence-electron chi connectivity index (χ0n) is 14.1. The summed E-state index contributed by atoms with van der Waals surface area (Å²) in [4.78, 5) is 20.7. The number of benzene rings is 1. The van der Waals surface area contributed by atoms with Crippen molar-refractivity contribution in [1.29, 1.82) is 0 Å². The minimum atomic E-state index is -3.78. The van der Waals surface area contributed by atoms with Crippen LogP contribution in [0.5, 0.6) is 0 Å². The highest BCUT2D eigenvalue weighted by Crippen LogP contribution is 2.29. The number of esters is 1. The number of pyridine rings is 2. The van der Waals surface area contributed by atoms with Gasteiger partial charge in [-0.25, -0.2) is 28.3 Å². The Balaban J connectivity index is 2.11. The molecule has 0 aliphatic heterocycles. The first-order valence-electron chi connectivity index (χ1n) is 7.54. The van der Waals surface area contributed by atoms with Crippen molar-refractivity contribution in [2.45, 2.75) is 11.8 Å². The number of fused-ring (bicyclic) bond motifs is 1. The zero-order chi connectivity index (χ0) is 18.9. The molecule has 0 spiro atoms. The second-order valence-corrected chi connectivity index (χ2v) is 7.12.